The van der Waals surface area contributed by atoms with Gasteiger partial charge in [-0.25, -0.2) is 5.43 Å². The van der Waals surface area contributed by atoms with Gasteiger partial charge in [-0.1, -0.05) is 29.3 Å². The highest BCUT2D eigenvalue weighted by Gasteiger charge is 2.35. The molecule has 2 N–H and O–H groups in total. The number of carbonyl (C=O) groups is 1. The minimum Gasteiger partial charge on any atom is -0.483 e. The lowest BCUT2D eigenvalue weighted by Gasteiger charge is -2.38. The number of piperazine rings is 1. The minimum atomic E-state index is -0.364. The van der Waals surface area contributed by atoms with E-state index in [1.54, 1.807) is 0 Å². The molecule has 0 unspecified atom stereocenters. The van der Waals surface area contributed by atoms with Crippen molar-refractivity contribution in [1.29, 1.82) is 0 Å². The number of carbonyl (C=O) groups excluding carboxylic acids is 1. The number of nitrogens with one attached hydrogen (secondary N) is 2. The van der Waals surface area contributed by atoms with Gasteiger partial charge in [0.1, 0.15) is 18.4 Å². The number of anilines is 2. The van der Waals surface area contributed by atoms with Crippen LogP contribution in [-0.4, -0.2) is 50.6 Å². The second-order valence-electron chi connectivity index (χ2n) is 7.51. The van der Waals surface area contributed by atoms with Crippen LogP contribution in [0.15, 0.2) is 35.4 Å². The van der Waals surface area contributed by atoms with E-state index in [2.05, 4.69) is 20.7 Å². The van der Waals surface area contributed by atoms with Crippen molar-refractivity contribution in [3.05, 3.63) is 40.4 Å². The summed E-state index contributed by atoms with van der Waals surface area (Å²) < 4.78 is 5.97. The third-order valence-corrected chi connectivity index (χ3v) is 6.54. The number of nitrogens with zero attached hydrogens (tertiary/aromatic N) is 3. The first-order chi connectivity index (χ1) is 14.5. The van der Waals surface area contributed by atoms with E-state index in [0.29, 0.717) is 21.6 Å². The smallest absolute Gasteiger partial charge is 0.262 e. The maximum absolute atomic E-state index is 12.1. The van der Waals surface area contributed by atoms with Crippen LogP contribution >= 0.6 is 23.2 Å². The minimum absolute atomic E-state index is 0.144. The molecule has 0 aromatic heterocycles. The molecule has 156 valence electrons. The summed E-state index contributed by atoms with van der Waals surface area (Å²) >= 11 is 13.1. The predicted octanol–water partition coefficient (Wildman–Crippen LogP) is 3.10. The molecule has 1 atom stereocenters. The fourth-order valence-electron chi connectivity index (χ4n) is 4.17. The highest BCUT2D eigenvalue weighted by atomic mass is 35.5. The number of hydrogen-bond donors (Lipinski definition) is 2. The topological polar surface area (TPSA) is 69.2 Å². The summed E-state index contributed by atoms with van der Waals surface area (Å²) in [5, 5.41) is 8.54. The summed E-state index contributed by atoms with van der Waals surface area (Å²) in [5.41, 5.74) is 6.22. The van der Waals surface area contributed by atoms with Gasteiger partial charge in [0.15, 0.2) is 5.84 Å². The molecule has 0 aliphatic carbocycles. The van der Waals surface area contributed by atoms with E-state index in [9.17, 15) is 4.79 Å². The van der Waals surface area contributed by atoms with Crippen molar-refractivity contribution < 1.29 is 9.53 Å². The first-order valence-corrected chi connectivity index (χ1v) is 10.7. The van der Waals surface area contributed by atoms with Gasteiger partial charge in [-0.15, -0.1) is 0 Å². The Labute approximate surface area is 184 Å². The zero-order valence-electron chi connectivity index (χ0n) is 16.4. The van der Waals surface area contributed by atoms with Gasteiger partial charge in [0.2, 0.25) is 0 Å². The molecule has 0 spiro atoms. The summed E-state index contributed by atoms with van der Waals surface area (Å²) in [6, 6.07) is 9.42. The van der Waals surface area contributed by atoms with Gasteiger partial charge in [-0.05, 0) is 36.8 Å². The Morgan fingerprint density at radius 3 is 2.70 bits per heavy atom. The van der Waals surface area contributed by atoms with E-state index in [0.717, 1.165) is 48.7 Å². The van der Waals surface area contributed by atoms with Crippen LogP contribution in [0.3, 0.4) is 0 Å². The largest absolute Gasteiger partial charge is 0.483 e. The van der Waals surface area contributed by atoms with Crippen molar-refractivity contribution in [2.45, 2.75) is 13.0 Å². The Bertz CT molecular complexity index is 1050. The molecule has 0 saturated carbocycles. The summed E-state index contributed by atoms with van der Waals surface area (Å²) in [5.74, 6) is 1.23. The number of amides is 1. The van der Waals surface area contributed by atoms with E-state index in [-0.39, 0.29) is 18.6 Å². The summed E-state index contributed by atoms with van der Waals surface area (Å²) in [6.07, 6.45) is 0. The fourth-order valence-corrected chi connectivity index (χ4v) is 4.59. The molecule has 1 amide bonds. The monoisotopic (exact) mass is 445 g/mol. The Balaban J connectivity index is 1.60. The van der Waals surface area contributed by atoms with E-state index >= 15 is 0 Å². The molecule has 9 heteroatoms. The lowest BCUT2D eigenvalue weighted by atomic mass is 10.00. The Morgan fingerprint density at radius 2 is 1.90 bits per heavy atom. The number of amidine groups is 1. The average Bonchev–Trinajstić information content (AvgIpc) is 2.78. The Hall–Kier alpha value is -2.48. The molecule has 2 aromatic rings. The van der Waals surface area contributed by atoms with E-state index < -0.39 is 0 Å². The normalized spacial score (nSPS) is 20.7. The zero-order valence-corrected chi connectivity index (χ0v) is 17.9. The number of fused-ring (bicyclic) bond motifs is 3. The predicted molar refractivity (Wildman–Crippen MR) is 120 cm³/mol. The molecule has 3 heterocycles. The van der Waals surface area contributed by atoms with Crippen molar-refractivity contribution in [2.75, 3.05) is 42.6 Å². The maximum Gasteiger partial charge on any atom is 0.262 e. The number of hydrogen-bond acceptors (Lipinski definition) is 6. The number of hydrazone groups is 1. The van der Waals surface area contributed by atoms with Gasteiger partial charge < -0.3 is 19.9 Å². The molecular weight excluding hydrogens is 425 g/mol. The third kappa shape index (κ3) is 3.17. The van der Waals surface area contributed by atoms with Gasteiger partial charge in [0.25, 0.3) is 5.91 Å². The molecule has 2 aromatic carbocycles. The van der Waals surface area contributed by atoms with Crippen molar-refractivity contribution in [1.82, 2.24) is 10.7 Å². The van der Waals surface area contributed by atoms with Crippen LogP contribution in [0.25, 0.3) is 11.1 Å². The van der Waals surface area contributed by atoms with Crippen LogP contribution in [0.4, 0.5) is 11.4 Å². The van der Waals surface area contributed by atoms with Gasteiger partial charge in [-0.3, -0.25) is 4.79 Å². The molecule has 0 radical (unpaired) electrons. The molecule has 3 aliphatic rings. The van der Waals surface area contributed by atoms with Crippen molar-refractivity contribution in [3.8, 4) is 16.9 Å². The lowest BCUT2D eigenvalue weighted by Crippen LogP contribution is -2.55. The summed E-state index contributed by atoms with van der Waals surface area (Å²) in [7, 11) is 0. The highest BCUT2D eigenvalue weighted by Crippen LogP contribution is 2.45. The van der Waals surface area contributed by atoms with Crippen LogP contribution in [0.1, 0.15) is 6.92 Å². The second kappa shape index (κ2) is 7.65. The quantitative estimate of drug-likeness (QED) is 0.742. The van der Waals surface area contributed by atoms with Crippen LogP contribution in [0, 0.1) is 0 Å². The Morgan fingerprint density at radius 1 is 1.13 bits per heavy atom. The van der Waals surface area contributed by atoms with Gasteiger partial charge in [-0.2, -0.15) is 5.10 Å². The molecule has 5 rings (SSSR count). The van der Waals surface area contributed by atoms with Gasteiger partial charge in [0.05, 0.1) is 15.7 Å². The Kier molecular flexibility index (Phi) is 4.97. The highest BCUT2D eigenvalue weighted by molar-refractivity contribution is 6.44. The average molecular weight is 446 g/mol. The van der Waals surface area contributed by atoms with E-state index in [4.69, 9.17) is 27.9 Å². The molecule has 1 saturated heterocycles. The van der Waals surface area contributed by atoms with Crippen molar-refractivity contribution in [2.24, 2.45) is 5.10 Å². The first kappa shape index (κ1) is 19.5. The molecule has 0 bridgehead atoms. The number of halogens is 2. The van der Waals surface area contributed by atoms with Crippen molar-refractivity contribution >= 4 is 46.3 Å². The number of benzene rings is 2. The van der Waals surface area contributed by atoms with Crippen molar-refractivity contribution in [3.63, 3.8) is 0 Å². The van der Waals surface area contributed by atoms with E-state index in [1.165, 1.54) is 0 Å². The van der Waals surface area contributed by atoms with Gasteiger partial charge >= 0.3 is 0 Å². The molecule has 1 fully saturated rings. The lowest BCUT2D eigenvalue weighted by molar-refractivity contribution is -0.122. The first-order valence-electron chi connectivity index (χ1n) is 9.91. The second-order valence-corrected chi connectivity index (χ2v) is 8.30. The van der Waals surface area contributed by atoms with Crippen LogP contribution in [0.5, 0.6) is 5.75 Å². The van der Waals surface area contributed by atoms with Crippen LogP contribution < -0.4 is 25.3 Å². The summed E-state index contributed by atoms with van der Waals surface area (Å²) in [4.78, 5) is 16.3. The van der Waals surface area contributed by atoms with Crippen LogP contribution in [0.2, 0.25) is 10.0 Å². The number of ether oxygens (including phenoxy) is 1. The fraction of sp³-hybridized carbons (Fsp3) is 0.333. The SMILES string of the molecule is C[C@@H]1C(=O)NN=C2COc3cc(-c4c(N5CCNCC5)ccc(Cl)c4Cl)ccc3N21. The third-order valence-electron chi connectivity index (χ3n) is 5.74. The standard InChI is InChI=1S/C21H21Cl2N5O2/c1-12-21(29)26-25-18-11-30-17-10-13(2-4-15(17)28(12)18)19-16(5-3-14(22)20(19)23)27-8-6-24-7-9-27/h2-5,10,12,24H,6-9,11H2,1H3,(H,26,29)/t12-/m1/s1. The molecule has 7 nitrogen and oxygen atoms in total. The summed E-state index contributed by atoms with van der Waals surface area (Å²) in [6.45, 7) is 5.77. The number of rotatable bonds is 2. The van der Waals surface area contributed by atoms with Gasteiger partial charge in [0, 0.05) is 37.4 Å². The maximum atomic E-state index is 12.1. The molecule has 30 heavy (non-hydrogen) atoms. The molecule has 3 aliphatic heterocycles. The zero-order chi connectivity index (χ0) is 20.8. The van der Waals surface area contributed by atoms with Crippen LogP contribution in [-0.2, 0) is 4.79 Å². The molecular formula is C21H21Cl2N5O2. The van der Waals surface area contributed by atoms with E-state index in [1.807, 2.05) is 42.2 Å².